The van der Waals surface area contributed by atoms with E-state index in [9.17, 15) is 4.79 Å². The van der Waals surface area contributed by atoms with Crippen molar-refractivity contribution < 1.29 is 9.53 Å². The van der Waals surface area contributed by atoms with Crippen LogP contribution in [0.1, 0.15) is 36.2 Å². The van der Waals surface area contributed by atoms with Gasteiger partial charge in [-0.2, -0.15) is 0 Å². The Labute approximate surface area is 134 Å². The maximum absolute atomic E-state index is 12.4. The summed E-state index contributed by atoms with van der Waals surface area (Å²) in [6.45, 7) is 6.05. The molecule has 1 aromatic carbocycles. The highest BCUT2D eigenvalue weighted by Gasteiger charge is 2.35. The summed E-state index contributed by atoms with van der Waals surface area (Å²) in [6, 6.07) is 9.78. The van der Waals surface area contributed by atoms with Crippen LogP contribution in [0.25, 0.3) is 0 Å². The minimum absolute atomic E-state index is 0.146. The second kappa shape index (κ2) is 6.89. The van der Waals surface area contributed by atoms with Crippen molar-refractivity contribution in [3.8, 4) is 0 Å². The molecular weight excluding hydrogens is 365 g/mol. The zero-order valence-electron chi connectivity index (χ0n) is 12.1. The van der Waals surface area contributed by atoms with Crippen molar-refractivity contribution in [1.82, 2.24) is 5.32 Å². The first-order valence-corrected chi connectivity index (χ1v) is 8.38. The number of carbonyl (C=O) groups excluding carboxylic acids is 1. The van der Waals surface area contributed by atoms with Crippen LogP contribution in [-0.2, 0) is 9.53 Å². The Bertz CT molecular complexity index is 441. The number of ether oxygens (including phenoxy) is 1. The average Bonchev–Trinajstić information content (AvgIpc) is 2.48. The van der Waals surface area contributed by atoms with Crippen LogP contribution < -0.4 is 5.32 Å². The molecule has 20 heavy (non-hydrogen) atoms. The van der Waals surface area contributed by atoms with Gasteiger partial charge in [0.15, 0.2) is 0 Å². The molecule has 0 radical (unpaired) electrons. The van der Waals surface area contributed by atoms with Gasteiger partial charge >= 0.3 is 5.97 Å². The molecule has 1 N–H and O–H groups in total. The molecule has 110 valence electrons. The number of nitrogens with one attached hydrogen (secondary N) is 1. The van der Waals surface area contributed by atoms with Gasteiger partial charge in [0.05, 0.1) is 0 Å². The Hall–Kier alpha value is -0.620. The fourth-order valence-corrected chi connectivity index (χ4v) is 3.14. The fraction of sp³-hybridized carbons (Fsp3) is 0.562. The summed E-state index contributed by atoms with van der Waals surface area (Å²) in [5.41, 5.74) is 0.582. The van der Waals surface area contributed by atoms with Crippen molar-refractivity contribution in [3.63, 3.8) is 0 Å². The van der Waals surface area contributed by atoms with Gasteiger partial charge in [0.2, 0.25) is 0 Å². The van der Waals surface area contributed by atoms with Gasteiger partial charge < -0.3 is 10.1 Å². The molecule has 0 aromatic heterocycles. The van der Waals surface area contributed by atoms with E-state index >= 15 is 0 Å². The Kier molecular flexibility index (Phi) is 5.43. The first kappa shape index (κ1) is 15.8. The van der Waals surface area contributed by atoms with Gasteiger partial charge in [-0.15, -0.1) is 0 Å². The van der Waals surface area contributed by atoms with E-state index in [1.54, 1.807) is 0 Å². The highest BCUT2D eigenvalue weighted by molar-refractivity contribution is 14.1. The molecule has 1 aliphatic heterocycles. The van der Waals surface area contributed by atoms with E-state index in [1.807, 2.05) is 44.2 Å². The Morgan fingerprint density at radius 2 is 2.10 bits per heavy atom. The third-order valence-corrected chi connectivity index (χ3v) is 5.17. The summed E-state index contributed by atoms with van der Waals surface area (Å²) in [4.78, 5) is 12.4. The summed E-state index contributed by atoms with van der Waals surface area (Å²) >= 11 is 2.15. The molecule has 0 spiro atoms. The van der Waals surface area contributed by atoms with Crippen molar-refractivity contribution in [2.75, 3.05) is 13.1 Å². The second-order valence-corrected chi connectivity index (χ2v) is 7.09. The molecule has 2 atom stereocenters. The summed E-state index contributed by atoms with van der Waals surface area (Å²) in [6.07, 6.45) is 2.27. The van der Waals surface area contributed by atoms with Crippen LogP contribution >= 0.6 is 22.6 Å². The van der Waals surface area contributed by atoms with Gasteiger partial charge in [0.1, 0.15) is 9.53 Å². The Morgan fingerprint density at radius 3 is 2.70 bits per heavy atom. The van der Waals surface area contributed by atoms with Gasteiger partial charge in [-0.05, 0) is 38.8 Å². The third-order valence-electron chi connectivity index (χ3n) is 3.94. The number of alkyl halides is 1. The van der Waals surface area contributed by atoms with E-state index < -0.39 is 5.60 Å². The molecule has 3 nitrogen and oxygen atoms in total. The van der Waals surface area contributed by atoms with E-state index in [-0.39, 0.29) is 9.89 Å². The van der Waals surface area contributed by atoms with Crippen LogP contribution in [0.5, 0.6) is 0 Å². The largest absolute Gasteiger partial charge is 0.458 e. The Morgan fingerprint density at radius 1 is 1.40 bits per heavy atom. The normalized spacial score (nSPS) is 21.2. The monoisotopic (exact) mass is 387 g/mol. The SMILES string of the molecule is CC(C)(OC(=O)C(I)c1ccccc1)C1CCCNC1. The number of hydrogen-bond donors (Lipinski definition) is 1. The minimum atomic E-state index is -0.414. The first-order valence-electron chi connectivity index (χ1n) is 7.13. The molecule has 0 amide bonds. The lowest BCUT2D eigenvalue weighted by atomic mass is 9.85. The smallest absolute Gasteiger partial charge is 0.323 e. The van der Waals surface area contributed by atoms with Crippen molar-refractivity contribution in [3.05, 3.63) is 35.9 Å². The molecular formula is C16H22INO2. The molecule has 0 aliphatic carbocycles. The first-order chi connectivity index (χ1) is 9.50. The van der Waals surface area contributed by atoms with E-state index in [2.05, 4.69) is 27.9 Å². The minimum Gasteiger partial charge on any atom is -0.458 e. The van der Waals surface area contributed by atoms with Gasteiger partial charge in [0, 0.05) is 12.5 Å². The zero-order valence-corrected chi connectivity index (χ0v) is 14.2. The van der Waals surface area contributed by atoms with E-state index in [0.29, 0.717) is 5.92 Å². The molecule has 2 rings (SSSR count). The van der Waals surface area contributed by atoms with Gasteiger partial charge in [-0.1, -0.05) is 52.9 Å². The van der Waals surface area contributed by atoms with E-state index in [4.69, 9.17) is 4.74 Å². The maximum Gasteiger partial charge on any atom is 0.323 e. The quantitative estimate of drug-likeness (QED) is 0.489. The van der Waals surface area contributed by atoms with Crippen LogP contribution in [-0.4, -0.2) is 24.7 Å². The zero-order chi connectivity index (χ0) is 14.6. The molecule has 1 aliphatic rings. The van der Waals surface area contributed by atoms with Gasteiger partial charge in [0.25, 0.3) is 0 Å². The number of hydrogen-bond acceptors (Lipinski definition) is 3. The van der Waals surface area contributed by atoms with Crippen molar-refractivity contribution in [1.29, 1.82) is 0 Å². The molecule has 1 fully saturated rings. The maximum atomic E-state index is 12.4. The lowest BCUT2D eigenvalue weighted by Gasteiger charge is -2.37. The molecule has 1 aromatic rings. The molecule has 1 saturated heterocycles. The summed E-state index contributed by atoms with van der Waals surface area (Å²) in [5.74, 6) is 0.243. The number of benzene rings is 1. The highest BCUT2D eigenvalue weighted by Crippen LogP contribution is 2.32. The number of rotatable bonds is 4. The molecule has 4 heteroatoms. The average molecular weight is 387 g/mol. The second-order valence-electron chi connectivity index (χ2n) is 5.84. The molecule has 2 unspecified atom stereocenters. The number of halogens is 1. The lowest BCUT2D eigenvalue weighted by Crippen LogP contribution is -2.45. The van der Waals surface area contributed by atoms with Crippen LogP contribution in [0.4, 0.5) is 0 Å². The van der Waals surface area contributed by atoms with Crippen LogP contribution in [0.2, 0.25) is 0 Å². The van der Waals surface area contributed by atoms with Crippen LogP contribution in [0, 0.1) is 5.92 Å². The summed E-state index contributed by atoms with van der Waals surface area (Å²) in [7, 11) is 0. The molecule has 1 heterocycles. The van der Waals surface area contributed by atoms with Crippen molar-refractivity contribution in [2.45, 2.75) is 36.2 Å². The molecule has 0 saturated carbocycles. The van der Waals surface area contributed by atoms with E-state index in [1.165, 1.54) is 0 Å². The Balaban J connectivity index is 1.99. The van der Waals surface area contributed by atoms with Crippen molar-refractivity contribution in [2.24, 2.45) is 5.92 Å². The van der Waals surface area contributed by atoms with Crippen LogP contribution in [0.3, 0.4) is 0 Å². The van der Waals surface area contributed by atoms with Crippen molar-refractivity contribution >= 4 is 28.6 Å². The fourth-order valence-electron chi connectivity index (χ4n) is 2.60. The highest BCUT2D eigenvalue weighted by atomic mass is 127. The number of esters is 1. The summed E-state index contributed by atoms with van der Waals surface area (Å²) in [5, 5.41) is 3.38. The van der Waals surface area contributed by atoms with E-state index in [0.717, 1.165) is 31.5 Å². The van der Waals surface area contributed by atoms with Gasteiger partial charge in [-0.3, -0.25) is 4.79 Å². The summed E-state index contributed by atoms with van der Waals surface area (Å²) < 4.78 is 5.56. The molecule has 0 bridgehead atoms. The number of piperidine rings is 1. The predicted octanol–water partition coefficient (Wildman–Crippen LogP) is 3.48. The predicted molar refractivity (Wildman–Crippen MR) is 89.0 cm³/mol. The number of carbonyl (C=O) groups is 1. The van der Waals surface area contributed by atoms with Crippen LogP contribution in [0.15, 0.2) is 30.3 Å². The third kappa shape index (κ3) is 3.95. The topological polar surface area (TPSA) is 38.3 Å². The lowest BCUT2D eigenvalue weighted by molar-refractivity contribution is -0.161. The van der Waals surface area contributed by atoms with Gasteiger partial charge in [-0.25, -0.2) is 0 Å². The standard InChI is InChI=1S/C16H22INO2/c1-16(2,13-9-6-10-18-11-13)20-15(19)14(17)12-7-4-3-5-8-12/h3-5,7-8,13-14,18H,6,9-11H2,1-2H3.